The number of rotatable bonds is 5. The Balaban J connectivity index is 1.83. The smallest absolute Gasteiger partial charge is 0.335 e. The van der Waals surface area contributed by atoms with Gasteiger partial charge in [-0.1, -0.05) is 42.5 Å². The predicted molar refractivity (Wildman–Crippen MR) is 117 cm³/mol. The number of aromatic carboxylic acids is 1. The maximum atomic E-state index is 13.3. The van der Waals surface area contributed by atoms with E-state index in [4.69, 9.17) is 4.74 Å². The van der Waals surface area contributed by atoms with Gasteiger partial charge in [-0.3, -0.25) is 4.79 Å². The third kappa shape index (κ3) is 3.89. The molecule has 0 spiro atoms. The first kappa shape index (κ1) is 19.9. The Hall–Kier alpha value is -4.39. The van der Waals surface area contributed by atoms with Crippen molar-refractivity contribution in [2.45, 2.75) is 0 Å². The van der Waals surface area contributed by atoms with Crippen LogP contribution in [-0.2, 0) is 4.79 Å². The lowest BCUT2D eigenvalue weighted by Gasteiger charge is -2.12. The van der Waals surface area contributed by atoms with Crippen molar-refractivity contribution >= 4 is 29.4 Å². The molecule has 7 nitrogen and oxygen atoms in total. The summed E-state index contributed by atoms with van der Waals surface area (Å²) in [6.07, 6.45) is 1.66. The summed E-state index contributed by atoms with van der Waals surface area (Å²) < 4.78 is 5.15. The van der Waals surface area contributed by atoms with E-state index in [1.807, 2.05) is 30.3 Å². The van der Waals surface area contributed by atoms with Crippen molar-refractivity contribution in [1.29, 1.82) is 0 Å². The van der Waals surface area contributed by atoms with Crippen LogP contribution in [0.3, 0.4) is 0 Å². The van der Waals surface area contributed by atoms with Gasteiger partial charge in [-0.05, 0) is 42.0 Å². The second kappa shape index (κ2) is 8.16. The summed E-state index contributed by atoms with van der Waals surface area (Å²) in [6, 6.07) is 20.0. The molecule has 0 atom stereocenters. The number of carboxylic acid groups (broad SMARTS) is 1. The zero-order chi connectivity index (χ0) is 22.0. The number of carboxylic acids is 1. The molecule has 1 aliphatic heterocycles. The summed E-state index contributed by atoms with van der Waals surface area (Å²) >= 11 is 0. The minimum atomic E-state index is -1.09. The highest BCUT2D eigenvalue weighted by Gasteiger charge is 2.32. The Labute approximate surface area is 178 Å². The summed E-state index contributed by atoms with van der Waals surface area (Å²) in [5.74, 6) is -1.21. The Morgan fingerprint density at radius 2 is 1.81 bits per heavy atom. The Morgan fingerprint density at radius 1 is 1.03 bits per heavy atom. The van der Waals surface area contributed by atoms with E-state index in [-0.39, 0.29) is 17.1 Å². The van der Waals surface area contributed by atoms with Gasteiger partial charge >= 0.3 is 5.97 Å². The largest absolute Gasteiger partial charge is 0.504 e. The molecule has 31 heavy (non-hydrogen) atoms. The van der Waals surface area contributed by atoms with Gasteiger partial charge in [0.05, 0.1) is 23.9 Å². The van der Waals surface area contributed by atoms with Crippen molar-refractivity contribution in [3.63, 3.8) is 0 Å². The highest BCUT2D eigenvalue weighted by molar-refractivity contribution is 6.37. The van der Waals surface area contributed by atoms with Crippen LogP contribution in [0, 0.1) is 0 Å². The van der Waals surface area contributed by atoms with Crippen molar-refractivity contribution < 1.29 is 24.5 Å². The molecule has 2 N–H and O–H groups in total. The number of methoxy groups -OCH3 is 1. The van der Waals surface area contributed by atoms with Crippen LogP contribution in [0.15, 0.2) is 83.5 Å². The molecule has 1 amide bonds. The van der Waals surface area contributed by atoms with Crippen LogP contribution >= 0.6 is 0 Å². The summed E-state index contributed by atoms with van der Waals surface area (Å²) in [6.45, 7) is 0. The average molecular weight is 414 g/mol. The van der Waals surface area contributed by atoms with Gasteiger partial charge in [0.2, 0.25) is 0 Å². The van der Waals surface area contributed by atoms with E-state index < -0.39 is 11.9 Å². The molecule has 0 unspecified atom stereocenters. The van der Waals surface area contributed by atoms with Crippen LogP contribution in [0.1, 0.15) is 21.5 Å². The molecule has 7 heteroatoms. The van der Waals surface area contributed by atoms with Gasteiger partial charge in [-0.15, -0.1) is 0 Å². The van der Waals surface area contributed by atoms with E-state index >= 15 is 0 Å². The summed E-state index contributed by atoms with van der Waals surface area (Å²) in [5, 5.41) is 24.8. The van der Waals surface area contributed by atoms with Crippen LogP contribution in [0.5, 0.6) is 11.5 Å². The molecule has 154 valence electrons. The zero-order valence-corrected chi connectivity index (χ0v) is 16.5. The lowest BCUT2D eigenvalue weighted by molar-refractivity contribution is -0.114. The van der Waals surface area contributed by atoms with Crippen LogP contribution in [0.25, 0.3) is 6.08 Å². The number of phenols is 1. The number of hydrogen-bond acceptors (Lipinski definition) is 5. The Bertz CT molecular complexity index is 1230. The van der Waals surface area contributed by atoms with Crippen LogP contribution in [-0.4, -0.2) is 34.9 Å². The second-order valence-electron chi connectivity index (χ2n) is 6.78. The SMILES string of the molecule is COc1cc(/C=C2\C(=O)N(c3cccc(C(=O)O)c3)N=C2c2ccccc2)ccc1O. The lowest BCUT2D eigenvalue weighted by Crippen LogP contribution is -2.21. The second-order valence-corrected chi connectivity index (χ2v) is 6.78. The molecule has 3 aromatic carbocycles. The van der Waals surface area contributed by atoms with Gasteiger partial charge in [0.25, 0.3) is 5.91 Å². The Kier molecular flexibility index (Phi) is 5.24. The molecular weight excluding hydrogens is 396 g/mol. The number of hydrogen-bond donors (Lipinski definition) is 2. The highest BCUT2D eigenvalue weighted by atomic mass is 16.5. The zero-order valence-electron chi connectivity index (χ0n) is 16.5. The summed E-state index contributed by atoms with van der Waals surface area (Å²) in [5.41, 5.74) is 2.58. The first-order valence-electron chi connectivity index (χ1n) is 9.39. The molecule has 3 aromatic rings. The van der Waals surface area contributed by atoms with E-state index in [0.29, 0.717) is 22.5 Å². The molecule has 0 bridgehead atoms. The third-order valence-electron chi connectivity index (χ3n) is 4.78. The predicted octanol–water partition coefficient (Wildman–Crippen LogP) is 3.93. The van der Waals surface area contributed by atoms with Gasteiger partial charge in [0.15, 0.2) is 11.5 Å². The molecular formula is C24H18N2O5. The number of carbonyl (C=O) groups is 2. The minimum absolute atomic E-state index is 0.00791. The van der Waals surface area contributed by atoms with Gasteiger partial charge in [-0.25, -0.2) is 4.79 Å². The highest BCUT2D eigenvalue weighted by Crippen LogP contribution is 2.31. The normalized spacial score (nSPS) is 14.6. The van der Waals surface area contributed by atoms with Gasteiger partial charge in [-0.2, -0.15) is 10.1 Å². The number of nitrogens with zero attached hydrogens (tertiary/aromatic N) is 2. The number of aromatic hydroxyl groups is 1. The van der Waals surface area contributed by atoms with Gasteiger partial charge in [0, 0.05) is 5.56 Å². The van der Waals surface area contributed by atoms with Crippen molar-refractivity contribution in [3.05, 3.63) is 95.1 Å². The lowest BCUT2D eigenvalue weighted by atomic mass is 10.00. The fourth-order valence-corrected chi connectivity index (χ4v) is 3.25. The van der Waals surface area contributed by atoms with Crippen LogP contribution < -0.4 is 9.75 Å². The standard InChI is InChI=1S/C24H18N2O5/c1-31-21-13-15(10-11-20(21)27)12-19-22(16-6-3-2-4-7-16)25-26(23(19)28)18-9-5-8-17(14-18)24(29)30/h2-14,27H,1H3,(H,29,30)/b19-12-. The number of carbonyl (C=O) groups excluding carboxylic acids is 1. The molecule has 0 saturated carbocycles. The summed E-state index contributed by atoms with van der Waals surface area (Å²) in [4.78, 5) is 24.7. The third-order valence-corrected chi connectivity index (χ3v) is 4.78. The molecule has 0 fully saturated rings. The molecule has 0 saturated heterocycles. The van der Waals surface area contributed by atoms with Crippen molar-refractivity contribution in [2.75, 3.05) is 12.1 Å². The first-order chi connectivity index (χ1) is 15.0. The molecule has 0 aliphatic carbocycles. The molecule has 0 radical (unpaired) electrons. The van der Waals surface area contributed by atoms with E-state index in [1.165, 1.54) is 30.3 Å². The first-order valence-corrected chi connectivity index (χ1v) is 9.39. The molecule has 1 heterocycles. The molecule has 0 aromatic heterocycles. The van der Waals surface area contributed by atoms with Gasteiger partial charge in [0.1, 0.15) is 5.71 Å². The number of benzene rings is 3. The monoisotopic (exact) mass is 414 g/mol. The maximum Gasteiger partial charge on any atom is 0.335 e. The molecule has 4 rings (SSSR count). The quantitative estimate of drug-likeness (QED) is 0.616. The summed E-state index contributed by atoms with van der Waals surface area (Å²) in [7, 11) is 1.45. The molecule has 1 aliphatic rings. The van der Waals surface area contributed by atoms with E-state index in [2.05, 4.69) is 5.10 Å². The van der Waals surface area contributed by atoms with E-state index in [0.717, 1.165) is 5.56 Å². The number of hydrazone groups is 1. The van der Waals surface area contributed by atoms with Crippen LogP contribution in [0.4, 0.5) is 5.69 Å². The number of ether oxygens (including phenoxy) is 1. The fourth-order valence-electron chi connectivity index (χ4n) is 3.25. The topological polar surface area (TPSA) is 99.4 Å². The van der Waals surface area contributed by atoms with Crippen molar-refractivity contribution in [1.82, 2.24) is 0 Å². The van der Waals surface area contributed by atoms with Gasteiger partial charge < -0.3 is 14.9 Å². The van der Waals surface area contributed by atoms with Crippen molar-refractivity contribution in [2.24, 2.45) is 5.10 Å². The Morgan fingerprint density at radius 3 is 2.52 bits per heavy atom. The van der Waals surface area contributed by atoms with E-state index in [9.17, 15) is 19.8 Å². The number of amides is 1. The number of anilines is 1. The van der Waals surface area contributed by atoms with E-state index in [1.54, 1.807) is 30.3 Å². The minimum Gasteiger partial charge on any atom is -0.504 e. The van der Waals surface area contributed by atoms with Crippen molar-refractivity contribution in [3.8, 4) is 11.5 Å². The number of phenolic OH excluding ortho intramolecular Hbond substituents is 1. The fraction of sp³-hybridized carbons (Fsp3) is 0.0417. The average Bonchev–Trinajstić information content (AvgIpc) is 3.11. The maximum absolute atomic E-state index is 13.3. The van der Waals surface area contributed by atoms with Crippen LogP contribution in [0.2, 0.25) is 0 Å².